The molecule has 0 spiro atoms. The summed E-state index contributed by atoms with van der Waals surface area (Å²) in [6.07, 6.45) is 4.20. The lowest BCUT2D eigenvalue weighted by molar-refractivity contribution is -0.131. The first-order chi connectivity index (χ1) is 10.6. The second-order valence-corrected chi connectivity index (χ2v) is 4.93. The molecule has 3 rings (SSSR count). The van der Waals surface area contributed by atoms with Crippen LogP contribution in [0.15, 0.2) is 60.8 Å². The zero-order valence-electron chi connectivity index (χ0n) is 11.7. The van der Waals surface area contributed by atoms with Crippen LogP contribution in [0.4, 0.5) is 5.82 Å². The molecule has 0 aliphatic carbocycles. The topological polar surface area (TPSA) is 76.2 Å². The van der Waals surface area contributed by atoms with E-state index in [9.17, 15) is 4.79 Å². The van der Waals surface area contributed by atoms with Crippen LogP contribution in [0, 0.1) is 0 Å². The fourth-order valence-electron chi connectivity index (χ4n) is 2.31. The van der Waals surface area contributed by atoms with E-state index in [4.69, 9.17) is 10.8 Å². The van der Waals surface area contributed by atoms with Gasteiger partial charge in [-0.2, -0.15) is 0 Å². The molecule has 1 aromatic heterocycles. The second-order valence-electron chi connectivity index (χ2n) is 4.93. The van der Waals surface area contributed by atoms with E-state index in [2.05, 4.69) is 23.2 Å². The number of rotatable bonds is 3. The molecule has 108 valence electrons. The average Bonchev–Trinajstić information content (AvgIpc) is 2.53. The van der Waals surface area contributed by atoms with Crippen LogP contribution in [-0.2, 0) is 4.79 Å². The number of hydrogen-bond donors (Lipinski definition) is 2. The number of pyridine rings is 1. The molecule has 2 aromatic carbocycles. The van der Waals surface area contributed by atoms with Crippen LogP contribution in [0.1, 0.15) is 5.56 Å². The minimum Gasteiger partial charge on any atom is -0.478 e. The molecular weight excluding hydrogens is 276 g/mol. The number of nitrogens with zero attached hydrogens (tertiary/aromatic N) is 1. The van der Waals surface area contributed by atoms with Crippen LogP contribution in [0.25, 0.3) is 28.0 Å². The van der Waals surface area contributed by atoms with Crippen molar-refractivity contribution in [2.24, 2.45) is 0 Å². The van der Waals surface area contributed by atoms with E-state index < -0.39 is 5.97 Å². The highest BCUT2D eigenvalue weighted by Crippen LogP contribution is 2.26. The van der Waals surface area contributed by atoms with Gasteiger partial charge in [-0.1, -0.05) is 36.4 Å². The molecule has 0 amide bonds. The van der Waals surface area contributed by atoms with Crippen molar-refractivity contribution in [3.05, 3.63) is 66.4 Å². The Balaban J connectivity index is 2.06. The summed E-state index contributed by atoms with van der Waals surface area (Å²) in [7, 11) is 0. The predicted octanol–water partition coefficient (Wildman–Crippen LogP) is 3.58. The van der Waals surface area contributed by atoms with Gasteiger partial charge in [0.1, 0.15) is 5.82 Å². The second kappa shape index (κ2) is 5.69. The maximum atomic E-state index is 10.6. The number of nitrogen functional groups attached to an aromatic ring is 1. The minimum absolute atomic E-state index is 0.307. The van der Waals surface area contributed by atoms with Gasteiger partial charge in [-0.05, 0) is 34.5 Å². The fraction of sp³-hybridized carbons (Fsp3) is 0. The zero-order valence-corrected chi connectivity index (χ0v) is 11.7. The number of aliphatic carboxylic acids is 1. The van der Waals surface area contributed by atoms with Crippen molar-refractivity contribution in [3.63, 3.8) is 0 Å². The maximum Gasteiger partial charge on any atom is 0.328 e. The third-order valence-electron chi connectivity index (χ3n) is 3.44. The largest absolute Gasteiger partial charge is 0.478 e. The third kappa shape index (κ3) is 2.81. The van der Waals surface area contributed by atoms with Crippen molar-refractivity contribution < 1.29 is 9.90 Å². The fourth-order valence-corrected chi connectivity index (χ4v) is 2.31. The quantitative estimate of drug-likeness (QED) is 0.723. The Morgan fingerprint density at radius 3 is 2.59 bits per heavy atom. The minimum atomic E-state index is -1.02. The zero-order chi connectivity index (χ0) is 15.5. The summed E-state index contributed by atoms with van der Waals surface area (Å²) >= 11 is 0. The number of carbonyl (C=O) groups is 1. The van der Waals surface area contributed by atoms with E-state index >= 15 is 0 Å². The number of anilines is 1. The van der Waals surface area contributed by atoms with Gasteiger partial charge in [0.2, 0.25) is 0 Å². The maximum absolute atomic E-state index is 10.6. The Labute approximate surface area is 127 Å². The summed E-state index contributed by atoms with van der Waals surface area (Å²) in [5.74, 6) is -0.711. The summed E-state index contributed by atoms with van der Waals surface area (Å²) < 4.78 is 0. The number of fused-ring (bicyclic) bond motifs is 1. The van der Waals surface area contributed by atoms with Crippen molar-refractivity contribution in [1.29, 1.82) is 0 Å². The van der Waals surface area contributed by atoms with Crippen molar-refractivity contribution in [3.8, 4) is 11.1 Å². The Hall–Kier alpha value is -3.14. The third-order valence-corrected chi connectivity index (χ3v) is 3.44. The summed E-state index contributed by atoms with van der Waals surface area (Å²) in [5, 5.41) is 11.0. The van der Waals surface area contributed by atoms with Crippen LogP contribution in [-0.4, -0.2) is 16.1 Å². The molecule has 22 heavy (non-hydrogen) atoms. The van der Waals surface area contributed by atoms with Gasteiger partial charge < -0.3 is 10.8 Å². The lowest BCUT2D eigenvalue weighted by atomic mass is 10.0. The van der Waals surface area contributed by atoms with E-state index in [1.807, 2.05) is 30.3 Å². The van der Waals surface area contributed by atoms with Crippen molar-refractivity contribution in [2.45, 2.75) is 0 Å². The molecule has 3 N–H and O–H groups in total. The number of aromatic nitrogens is 1. The van der Waals surface area contributed by atoms with E-state index in [1.54, 1.807) is 6.20 Å². The summed E-state index contributed by atoms with van der Waals surface area (Å²) in [4.78, 5) is 14.8. The molecule has 0 aliphatic rings. The van der Waals surface area contributed by atoms with Crippen molar-refractivity contribution in [2.75, 3.05) is 5.73 Å². The Kier molecular flexibility index (Phi) is 3.58. The summed E-state index contributed by atoms with van der Waals surface area (Å²) in [5.41, 5.74) is 8.28. The van der Waals surface area contributed by atoms with Crippen molar-refractivity contribution >= 4 is 28.6 Å². The molecule has 3 aromatic rings. The van der Waals surface area contributed by atoms with E-state index in [1.165, 1.54) is 11.5 Å². The number of carboxylic acids is 1. The van der Waals surface area contributed by atoms with Crippen LogP contribution < -0.4 is 5.73 Å². The van der Waals surface area contributed by atoms with Crippen LogP contribution >= 0.6 is 0 Å². The molecule has 0 atom stereocenters. The van der Waals surface area contributed by atoms with E-state index in [-0.39, 0.29) is 0 Å². The van der Waals surface area contributed by atoms with Gasteiger partial charge in [0.05, 0.1) is 0 Å². The number of carboxylic acid groups (broad SMARTS) is 1. The Morgan fingerprint density at radius 1 is 1.05 bits per heavy atom. The van der Waals surface area contributed by atoms with Gasteiger partial charge in [0, 0.05) is 23.4 Å². The predicted molar refractivity (Wildman–Crippen MR) is 88.3 cm³/mol. The smallest absolute Gasteiger partial charge is 0.328 e. The summed E-state index contributed by atoms with van der Waals surface area (Å²) in [6.45, 7) is 0. The summed E-state index contributed by atoms with van der Waals surface area (Å²) in [6, 6.07) is 16.1. The molecule has 4 nitrogen and oxygen atoms in total. The molecule has 0 saturated carbocycles. The van der Waals surface area contributed by atoms with Crippen LogP contribution in [0.2, 0.25) is 0 Å². The van der Waals surface area contributed by atoms with Crippen LogP contribution in [0.5, 0.6) is 0 Å². The van der Waals surface area contributed by atoms with E-state index in [0.717, 1.165) is 22.6 Å². The van der Waals surface area contributed by atoms with Gasteiger partial charge in [-0.25, -0.2) is 9.78 Å². The van der Waals surface area contributed by atoms with Gasteiger partial charge in [0.15, 0.2) is 0 Å². The molecule has 1 heterocycles. The molecular formula is C18H14N2O2. The molecule has 0 radical (unpaired) electrons. The number of nitrogens with two attached hydrogens (primary N) is 1. The number of benzene rings is 2. The lowest BCUT2D eigenvalue weighted by Crippen LogP contribution is -1.95. The SMILES string of the molecule is Nc1ncc(-c2ccc3ccccc3c2)cc1/C=C/C(=O)O. The molecule has 0 saturated heterocycles. The first-order valence-electron chi connectivity index (χ1n) is 6.79. The molecule has 0 aliphatic heterocycles. The van der Waals surface area contributed by atoms with E-state index in [0.29, 0.717) is 11.4 Å². The molecule has 0 fully saturated rings. The van der Waals surface area contributed by atoms with Gasteiger partial charge in [0.25, 0.3) is 0 Å². The Morgan fingerprint density at radius 2 is 1.82 bits per heavy atom. The first kappa shape index (κ1) is 13.8. The Bertz CT molecular complexity index is 885. The molecule has 0 unspecified atom stereocenters. The lowest BCUT2D eigenvalue weighted by Gasteiger charge is -2.06. The highest BCUT2D eigenvalue weighted by molar-refractivity contribution is 5.89. The molecule has 4 heteroatoms. The van der Waals surface area contributed by atoms with Gasteiger partial charge in [-0.15, -0.1) is 0 Å². The van der Waals surface area contributed by atoms with Crippen molar-refractivity contribution in [1.82, 2.24) is 4.98 Å². The monoisotopic (exact) mass is 290 g/mol. The average molecular weight is 290 g/mol. The van der Waals surface area contributed by atoms with Gasteiger partial charge in [-0.3, -0.25) is 0 Å². The highest BCUT2D eigenvalue weighted by Gasteiger charge is 2.04. The van der Waals surface area contributed by atoms with Gasteiger partial charge >= 0.3 is 5.97 Å². The highest BCUT2D eigenvalue weighted by atomic mass is 16.4. The molecule has 0 bridgehead atoms. The normalized spacial score (nSPS) is 11.1. The van der Waals surface area contributed by atoms with Crippen LogP contribution in [0.3, 0.4) is 0 Å². The standard InChI is InChI=1S/C18H14N2O2/c19-18-15(7-8-17(21)22)10-16(11-20-18)14-6-5-12-3-1-2-4-13(12)9-14/h1-11H,(H2,19,20)(H,21,22)/b8-7+. The first-order valence-corrected chi connectivity index (χ1v) is 6.79. The number of hydrogen-bond acceptors (Lipinski definition) is 3.